The average molecular weight is 240 g/mol. The number of carbonyl (C=O) groups excluding carboxylic acids is 1. The van der Waals surface area contributed by atoms with E-state index in [9.17, 15) is 4.79 Å². The van der Waals surface area contributed by atoms with Gasteiger partial charge in [-0.25, -0.2) is 0 Å². The molecule has 2 fully saturated rings. The minimum Gasteiger partial charge on any atom is -0.383 e. The number of ether oxygens (including phenoxy) is 1. The lowest BCUT2D eigenvalue weighted by Gasteiger charge is -2.20. The van der Waals surface area contributed by atoms with Gasteiger partial charge in [0.15, 0.2) is 0 Å². The molecule has 0 aromatic carbocycles. The van der Waals surface area contributed by atoms with E-state index in [4.69, 9.17) is 10.5 Å². The third-order valence-electron chi connectivity index (χ3n) is 4.05. The standard InChI is InChI=1S/C13H24N2O2/c1-17-8-12(9-5-6-9)15-13(16)7-10-3-2-4-11(10)14/h9-12H,2-8,14H2,1H3,(H,15,16)/t10-,11+,12?/m0/s1. The summed E-state index contributed by atoms with van der Waals surface area (Å²) in [7, 11) is 1.69. The van der Waals surface area contributed by atoms with Crippen molar-refractivity contribution in [2.75, 3.05) is 13.7 Å². The summed E-state index contributed by atoms with van der Waals surface area (Å²) in [5.41, 5.74) is 5.98. The molecule has 0 aromatic heterocycles. The molecular formula is C13H24N2O2. The number of amides is 1. The van der Waals surface area contributed by atoms with Crippen LogP contribution < -0.4 is 11.1 Å². The fourth-order valence-corrected chi connectivity index (χ4v) is 2.80. The number of rotatable bonds is 6. The molecule has 1 unspecified atom stereocenters. The van der Waals surface area contributed by atoms with Gasteiger partial charge >= 0.3 is 0 Å². The zero-order valence-electron chi connectivity index (χ0n) is 10.7. The van der Waals surface area contributed by atoms with Crippen molar-refractivity contribution < 1.29 is 9.53 Å². The second kappa shape index (κ2) is 5.83. The van der Waals surface area contributed by atoms with Crippen LogP contribution in [0.25, 0.3) is 0 Å². The third-order valence-corrected chi connectivity index (χ3v) is 4.05. The van der Waals surface area contributed by atoms with Gasteiger partial charge in [-0.15, -0.1) is 0 Å². The Hall–Kier alpha value is -0.610. The van der Waals surface area contributed by atoms with E-state index < -0.39 is 0 Å². The summed E-state index contributed by atoms with van der Waals surface area (Å²) in [6, 6.07) is 0.438. The van der Waals surface area contributed by atoms with Crippen LogP contribution in [0.3, 0.4) is 0 Å². The summed E-state index contributed by atoms with van der Waals surface area (Å²) in [5, 5.41) is 3.11. The van der Waals surface area contributed by atoms with Crippen molar-refractivity contribution >= 4 is 5.91 Å². The summed E-state index contributed by atoms with van der Waals surface area (Å²) in [6.07, 6.45) is 6.38. The second-order valence-corrected chi connectivity index (χ2v) is 5.53. The number of nitrogens with two attached hydrogens (primary N) is 1. The smallest absolute Gasteiger partial charge is 0.220 e. The zero-order valence-corrected chi connectivity index (χ0v) is 10.7. The Morgan fingerprint density at radius 2 is 2.18 bits per heavy atom. The fourth-order valence-electron chi connectivity index (χ4n) is 2.80. The summed E-state index contributed by atoms with van der Waals surface area (Å²) < 4.78 is 5.16. The Bertz CT molecular complexity index is 266. The van der Waals surface area contributed by atoms with Gasteiger partial charge in [0.25, 0.3) is 0 Å². The van der Waals surface area contributed by atoms with E-state index in [1.54, 1.807) is 7.11 Å². The molecule has 1 amide bonds. The quantitative estimate of drug-likeness (QED) is 0.729. The molecular weight excluding hydrogens is 216 g/mol. The molecule has 2 rings (SSSR count). The number of carbonyl (C=O) groups is 1. The molecule has 0 bridgehead atoms. The molecule has 3 N–H and O–H groups in total. The molecule has 0 spiro atoms. The van der Waals surface area contributed by atoms with Crippen LogP contribution in [-0.2, 0) is 9.53 Å². The molecule has 98 valence electrons. The van der Waals surface area contributed by atoms with Gasteiger partial charge in [-0.2, -0.15) is 0 Å². The first-order chi connectivity index (χ1) is 8.20. The van der Waals surface area contributed by atoms with E-state index in [0.717, 1.165) is 12.8 Å². The lowest BCUT2D eigenvalue weighted by atomic mass is 9.99. The highest BCUT2D eigenvalue weighted by atomic mass is 16.5. The van der Waals surface area contributed by atoms with Crippen LogP contribution in [0, 0.1) is 11.8 Å². The van der Waals surface area contributed by atoms with Crippen molar-refractivity contribution in [2.45, 2.75) is 50.6 Å². The number of nitrogens with one attached hydrogen (secondary N) is 1. The molecule has 2 aliphatic rings. The van der Waals surface area contributed by atoms with Crippen LogP contribution in [-0.4, -0.2) is 31.7 Å². The predicted octanol–water partition coefficient (Wildman–Crippen LogP) is 1.05. The first-order valence-corrected chi connectivity index (χ1v) is 6.74. The van der Waals surface area contributed by atoms with Crippen molar-refractivity contribution in [2.24, 2.45) is 17.6 Å². The Morgan fingerprint density at radius 3 is 2.71 bits per heavy atom. The summed E-state index contributed by atoms with van der Waals surface area (Å²) in [4.78, 5) is 11.9. The van der Waals surface area contributed by atoms with Gasteiger partial charge in [-0.3, -0.25) is 4.79 Å². The van der Waals surface area contributed by atoms with Crippen molar-refractivity contribution in [1.29, 1.82) is 0 Å². The normalized spacial score (nSPS) is 30.2. The summed E-state index contributed by atoms with van der Waals surface area (Å²) in [5.74, 6) is 1.18. The summed E-state index contributed by atoms with van der Waals surface area (Å²) in [6.45, 7) is 0.632. The molecule has 17 heavy (non-hydrogen) atoms. The molecule has 3 atom stereocenters. The number of hydrogen-bond acceptors (Lipinski definition) is 3. The molecule has 0 saturated heterocycles. The minimum atomic E-state index is 0.154. The maximum Gasteiger partial charge on any atom is 0.220 e. The van der Waals surface area contributed by atoms with Crippen LogP contribution in [0.4, 0.5) is 0 Å². The van der Waals surface area contributed by atoms with Crippen LogP contribution >= 0.6 is 0 Å². The first-order valence-electron chi connectivity index (χ1n) is 6.74. The van der Waals surface area contributed by atoms with Crippen molar-refractivity contribution in [1.82, 2.24) is 5.32 Å². The van der Waals surface area contributed by atoms with Crippen LogP contribution in [0.1, 0.15) is 38.5 Å². The molecule has 0 aliphatic heterocycles. The van der Waals surface area contributed by atoms with Crippen molar-refractivity contribution in [3.8, 4) is 0 Å². The second-order valence-electron chi connectivity index (χ2n) is 5.53. The van der Waals surface area contributed by atoms with E-state index in [2.05, 4.69) is 5.32 Å². The van der Waals surface area contributed by atoms with Gasteiger partial charge in [0.2, 0.25) is 5.91 Å². The van der Waals surface area contributed by atoms with Gasteiger partial charge in [-0.05, 0) is 37.5 Å². The van der Waals surface area contributed by atoms with Crippen molar-refractivity contribution in [3.63, 3.8) is 0 Å². The van der Waals surface area contributed by atoms with Crippen LogP contribution in [0.15, 0.2) is 0 Å². The van der Waals surface area contributed by atoms with Gasteiger partial charge in [-0.1, -0.05) is 6.42 Å². The lowest BCUT2D eigenvalue weighted by Crippen LogP contribution is -2.41. The Balaban J connectivity index is 1.75. The van der Waals surface area contributed by atoms with Gasteiger partial charge in [0.05, 0.1) is 12.6 Å². The first kappa shape index (κ1) is 12.8. The van der Waals surface area contributed by atoms with Gasteiger partial charge < -0.3 is 15.8 Å². The monoisotopic (exact) mass is 240 g/mol. The highest BCUT2D eigenvalue weighted by Crippen LogP contribution is 2.33. The molecule has 0 heterocycles. The van der Waals surface area contributed by atoms with E-state index in [1.807, 2.05) is 0 Å². The Labute approximate surface area is 103 Å². The molecule has 2 saturated carbocycles. The Morgan fingerprint density at radius 1 is 1.41 bits per heavy atom. The Kier molecular flexibility index (Phi) is 4.40. The van der Waals surface area contributed by atoms with Crippen LogP contribution in [0.2, 0.25) is 0 Å². The largest absolute Gasteiger partial charge is 0.383 e. The van der Waals surface area contributed by atoms with E-state index in [1.165, 1.54) is 19.3 Å². The molecule has 4 nitrogen and oxygen atoms in total. The molecule has 2 aliphatic carbocycles. The molecule has 4 heteroatoms. The number of hydrogen-bond donors (Lipinski definition) is 2. The minimum absolute atomic E-state index is 0.154. The van der Waals surface area contributed by atoms with E-state index in [-0.39, 0.29) is 18.0 Å². The predicted molar refractivity (Wildman–Crippen MR) is 66.5 cm³/mol. The van der Waals surface area contributed by atoms with E-state index in [0.29, 0.717) is 24.9 Å². The lowest BCUT2D eigenvalue weighted by molar-refractivity contribution is -0.123. The topological polar surface area (TPSA) is 64.3 Å². The molecule has 0 radical (unpaired) electrons. The molecule has 0 aromatic rings. The highest BCUT2D eigenvalue weighted by molar-refractivity contribution is 5.76. The SMILES string of the molecule is COCC(NC(=O)C[C@@H]1CCC[C@H]1N)C1CC1. The van der Waals surface area contributed by atoms with Gasteiger partial charge in [0.1, 0.15) is 0 Å². The zero-order chi connectivity index (χ0) is 12.3. The fraction of sp³-hybridized carbons (Fsp3) is 0.923. The third kappa shape index (κ3) is 3.68. The summed E-state index contributed by atoms with van der Waals surface area (Å²) >= 11 is 0. The van der Waals surface area contributed by atoms with Crippen LogP contribution in [0.5, 0.6) is 0 Å². The highest BCUT2D eigenvalue weighted by Gasteiger charge is 2.33. The number of methoxy groups -OCH3 is 1. The average Bonchev–Trinajstić information content (AvgIpc) is 3.05. The maximum atomic E-state index is 11.9. The van der Waals surface area contributed by atoms with Crippen molar-refractivity contribution in [3.05, 3.63) is 0 Å². The van der Waals surface area contributed by atoms with Gasteiger partial charge in [0, 0.05) is 19.6 Å². The van der Waals surface area contributed by atoms with E-state index >= 15 is 0 Å². The maximum absolute atomic E-state index is 11.9.